The van der Waals surface area contributed by atoms with Crippen LogP contribution in [0.25, 0.3) is 0 Å². The monoisotopic (exact) mass is 256 g/mol. The molecule has 6 heteroatoms. The predicted octanol–water partition coefficient (Wildman–Crippen LogP) is 1.29. The van der Waals surface area contributed by atoms with Gasteiger partial charge in [-0.3, -0.25) is 4.79 Å². The third-order valence-corrected chi connectivity index (χ3v) is 3.66. The molecule has 0 saturated heterocycles. The van der Waals surface area contributed by atoms with E-state index < -0.39 is 0 Å². The zero-order valence-corrected chi connectivity index (χ0v) is 11.6. The molecule has 0 spiro atoms. The van der Waals surface area contributed by atoms with Gasteiger partial charge in [0.2, 0.25) is 0 Å². The zero-order chi connectivity index (χ0) is 13.0. The lowest BCUT2D eigenvalue weighted by Crippen LogP contribution is -2.34. The predicted molar refractivity (Wildman–Crippen MR) is 69.0 cm³/mol. The van der Waals surface area contributed by atoms with Crippen molar-refractivity contribution in [2.24, 2.45) is 11.7 Å². The molecule has 0 saturated carbocycles. The number of aromatic nitrogens is 2. The fourth-order valence-corrected chi connectivity index (χ4v) is 2.03. The third-order valence-electron chi connectivity index (χ3n) is 2.85. The Morgan fingerprint density at radius 3 is 2.65 bits per heavy atom. The molecule has 1 heterocycles. The van der Waals surface area contributed by atoms with Gasteiger partial charge in [0.25, 0.3) is 5.91 Å². The number of carbonyl (C=O) groups excluding carboxylic acids is 1. The molecule has 0 aromatic carbocycles. The van der Waals surface area contributed by atoms with E-state index in [9.17, 15) is 4.79 Å². The standard InChI is InChI=1S/C11H20N4OS/c1-7(2)9(12)5-6-15(4)11(16)10-8(3)13-14-17-10/h7,9H,5-6,12H2,1-4H3. The summed E-state index contributed by atoms with van der Waals surface area (Å²) >= 11 is 1.14. The zero-order valence-electron chi connectivity index (χ0n) is 10.8. The second kappa shape index (κ2) is 6.07. The summed E-state index contributed by atoms with van der Waals surface area (Å²) < 4.78 is 3.77. The summed E-state index contributed by atoms with van der Waals surface area (Å²) in [7, 11) is 1.79. The summed E-state index contributed by atoms with van der Waals surface area (Å²) in [6.07, 6.45) is 0.811. The maximum absolute atomic E-state index is 12.0. The Kier molecular flexibility index (Phi) is 5.02. The molecular formula is C11H20N4OS. The van der Waals surface area contributed by atoms with Crippen LogP contribution in [0, 0.1) is 12.8 Å². The molecule has 1 unspecified atom stereocenters. The molecule has 0 fully saturated rings. The topological polar surface area (TPSA) is 72.1 Å². The van der Waals surface area contributed by atoms with Crippen molar-refractivity contribution >= 4 is 17.4 Å². The maximum atomic E-state index is 12.0. The van der Waals surface area contributed by atoms with Crippen molar-refractivity contribution in [2.45, 2.75) is 33.2 Å². The van der Waals surface area contributed by atoms with Gasteiger partial charge in [-0.25, -0.2) is 0 Å². The Bertz CT molecular complexity index is 377. The molecular weight excluding hydrogens is 236 g/mol. The average Bonchev–Trinajstić information content (AvgIpc) is 2.70. The maximum Gasteiger partial charge on any atom is 0.267 e. The van der Waals surface area contributed by atoms with Gasteiger partial charge in [0, 0.05) is 19.6 Å². The molecule has 1 atom stereocenters. The molecule has 0 radical (unpaired) electrons. The Morgan fingerprint density at radius 2 is 2.18 bits per heavy atom. The van der Waals surface area contributed by atoms with Crippen LogP contribution in [-0.4, -0.2) is 40.0 Å². The molecule has 5 nitrogen and oxygen atoms in total. The number of carbonyl (C=O) groups is 1. The molecule has 0 aliphatic heterocycles. The van der Waals surface area contributed by atoms with Gasteiger partial charge in [-0.15, -0.1) is 5.10 Å². The van der Waals surface area contributed by atoms with Gasteiger partial charge in [-0.05, 0) is 30.8 Å². The lowest BCUT2D eigenvalue weighted by Gasteiger charge is -2.21. The summed E-state index contributed by atoms with van der Waals surface area (Å²) in [5, 5.41) is 3.84. The van der Waals surface area contributed by atoms with Crippen molar-refractivity contribution in [2.75, 3.05) is 13.6 Å². The quantitative estimate of drug-likeness (QED) is 0.861. The number of nitrogens with zero attached hydrogens (tertiary/aromatic N) is 3. The first-order chi connectivity index (χ1) is 7.93. The van der Waals surface area contributed by atoms with E-state index >= 15 is 0 Å². The van der Waals surface area contributed by atoms with Crippen LogP contribution in [0.5, 0.6) is 0 Å². The van der Waals surface area contributed by atoms with E-state index in [0.717, 1.165) is 18.0 Å². The molecule has 1 rings (SSSR count). The first-order valence-corrected chi connectivity index (χ1v) is 6.50. The highest BCUT2D eigenvalue weighted by molar-refractivity contribution is 7.07. The van der Waals surface area contributed by atoms with Crippen LogP contribution in [0.2, 0.25) is 0 Å². The fourth-order valence-electron chi connectivity index (χ4n) is 1.38. The van der Waals surface area contributed by atoms with Crippen LogP contribution in [0.1, 0.15) is 35.6 Å². The molecule has 1 aromatic rings. The van der Waals surface area contributed by atoms with Crippen LogP contribution in [0.4, 0.5) is 0 Å². The normalized spacial score (nSPS) is 12.8. The van der Waals surface area contributed by atoms with Crippen molar-refractivity contribution in [1.29, 1.82) is 0 Å². The number of aryl methyl sites for hydroxylation is 1. The van der Waals surface area contributed by atoms with E-state index in [1.54, 1.807) is 18.9 Å². The van der Waals surface area contributed by atoms with Gasteiger partial charge in [-0.2, -0.15) is 0 Å². The van der Waals surface area contributed by atoms with Crippen LogP contribution in [-0.2, 0) is 0 Å². The minimum absolute atomic E-state index is 0.0199. The summed E-state index contributed by atoms with van der Waals surface area (Å²) in [5.74, 6) is 0.416. The van der Waals surface area contributed by atoms with Crippen molar-refractivity contribution in [3.63, 3.8) is 0 Å². The second-order valence-corrected chi connectivity index (χ2v) is 5.36. The highest BCUT2D eigenvalue weighted by Gasteiger charge is 2.18. The summed E-state index contributed by atoms with van der Waals surface area (Å²) in [4.78, 5) is 14.3. The lowest BCUT2D eigenvalue weighted by molar-refractivity contribution is 0.0793. The molecule has 1 amide bonds. The SMILES string of the molecule is Cc1nnsc1C(=O)N(C)CCC(N)C(C)C. The number of nitrogens with two attached hydrogens (primary N) is 1. The van der Waals surface area contributed by atoms with Crippen molar-refractivity contribution in [3.8, 4) is 0 Å². The van der Waals surface area contributed by atoms with E-state index in [1.165, 1.54) is 0 Å². The Balaban J connectivity index is 2.51. The van der Waals surface area contributed by atoms with E-state index in [1.807, 2.05) is 0 Å². The second-order valence-electron chi connectivity index (χ2n) is 4.61. The minimum Gasteiger partial charge on any atom is -0.341 e. The van der Waals surface area contributed by atoms with Gasteiger partial charge in [0.15, 0.2) is 0 Å². The van der Waals surface area contributed by atoms with Crippen molar-refractivity contribution < 1.29 is 4.79 Å². The van der Waals surface area contributed by atoms with Gasteiger partial charge < -0.3 is 10.6 Å². The van der Waals surface area contributed by atoms with E-state index in [2.05, 4.69) is 23.4 Å². The number of rotatable bonds is 5. The van der Waals surface area contributed by atoms with Gasteiger partial charge in [0.05, 0.1) is 5.69 Å². The van der Waals surface area contributed by atoms with Gasteiger partial charge >= 0.3 is 0 Å². The van der Waals surface area contributed by atoms with Crippen LogP contribution >= 0.6 is 11.5 Å². The first-order valence-electron chi connectivity index (χ1n) is 5.73. The number of hydrogen-bond donors (Lipinski definition) is 1. The molecule has 17 heavy (non-hydrogen) atoms. The number of hydrogen-bond acceptors (Lipinski definition) is 5. The molecule has 2 N–H and O–H groups in total. The average molecular weight is 256 g/mol. The minimum atomic E-state index is -0.0199. The lowest BCUT2D eigenvalue weighted by atomic mass is 10.0. The van der Waals surface area contributed by atoms with Gasteiger partial charge in [0.1, 0.15) is 4.88 Å². The highest BCUT2D eigenvalue weighted by Crippen LogP contribution is 2.12. The van der Waals surface area contributed by atoms with Gasteiger partial charge in [-0.1, -0.05) is 18.3 Å². The number of amides is 1. The Morgan fingerprint density at radius 1 is 1.53 bits per heavy atom. The molecule has 0 bridgehead atoms. The van der Waals surface area contributed by atoms with Crippen LogP contribution in [0.15, 0.2) is 0 Å². The fraction of sp³-hybridized carbons (Fsp3) is 0.727. The van der Waals surface area contributed by atoms with Crippen LogP contribution in [0.3, 0.4) is 0 Å². The smallest absolute Gasteiger partial charge is 0.267 e. The molecule has 1 aromatic heterocycles. The molecule has 0 aliphatic rings. The first kappa shape index (κ1) is 14.1. The summed E-state index contributed by atoms with van der Waals surface area (Å²) in [5.41, 5.74) is 6.65. The highest BCUT2D eigenvalue weighted by atomic mass is 32.1. The van der Waals surface area contributed by atoms with E-state index in [0.29, 0.717) is 23.0 Å². The molecule has 0 aliphatic carbocycles. The largest absolute Gasteiger partial charge is 0.341 e. The van der Waals surface area contributed by atoms with Crippen molar-refractivity contribution in [3.05, 3.63) is 10.6 Å². The van der Waals surface area contributed by atoms with E-state index in [4.69, 9.17) is 5.73 Å². The van der Waals surface area contributed by atoms with Crippen LogP contribution < -0.4 is 5.73 Å². The van der Waals surface area contributed by atoms with E-state index in [-0.39, 0.29) is 11.9 Å². The third kappa shape index (κ3) is 3.74. The summed E-state index contributed by atoms with van der Waals surface area (Å²) in [6, 6.07) is 0.130. The Hall–Kier alpha value is -1.01. The molecule has 96 valence electrons. The van der Waals surface area contributed by atoms with Crippen molar-refractivity contribution in [1.82, 2.24) is 14.5 Å². The summed E-state index contributed by atoms with van der Waals surface area (Å²) in [6.45, 7) is 6.63. The Labute approximate surface area is 106 Å².